The van der Waals surface area contributed by atoms with Crippen LogP contribution >= 0.6 is 23.2 Å². The zero-order valence-corrected chi connectivity index (χ0v) is 20.2. The van der Waals surface area contributed by atoms with Gasteiger partial charge in [0.05, 0.1) is 21.3 Å². The van der Waals surface area contributed by atoms with Gasteiger partial charge < -0.3 is 11.1 Å². The van der Waals surface area contributed by atoms with Gasteiger partial charge in [0, 0.05) is 44.0 Å². The molecular formula is C24H26Cl2N8. The summed E-state index contributed by atoms with van der Waals surface area (Å²) in [6, 6.07) is 16.5. The third-order valence-electron chi connectivity index (χ3n) is 6.01. The van der Waals surface area contributed by atoms with E-state index < -0.39 is 0 Å². The molecule has 2 aromatic carbocycles. The smallest absolute Gasteiger partial charge is 0.181 e. The molecule has 2 aliphatic rings. The first-order valence-corrected chi connectivity index (χ1v) is 11.9. The molecule has 1 fully saturated rings. The number of nitrogens with one attached hydrogen (secondary N) is 3. The van der Waals surface area contributed by atoms with E-state index in [2.05, 4.69) is 62.6 Å². The Kier molecular flexibility index (Phi) is 6.58. The first-order chi connectivity index (χ1) is 16.5. The van der Waals surface area contributed by atoms with Gasteiger partial charge >= 0.3 is 0 Å². The summed E-state index contributed by atoms with van der Waals surface area (Å²) in [6.07, 6.45) is 1.78. The maximum absolute atomic E-state index is 6.44. The molecule has 1 aromatic heterocycles. The van der Waals surface area contributed by atoms with Gasteiger partial charge in [-0.05, 0) is 36.2 Å². The second-order valence-electron chi connectivity index (χ2n) is 8.51. The largest absolute Gasteiger partial charge is 0.383 e. The molecule has 34 heavy (non-hydrogen) atoms. The number of nitrogen functional groups attached to an aromatic ring is 1. The Morgan fingerprint density at radius 1 is 1.12 bits per heavy atom. The first kappa shape index (κ1) is 22.9. The van der Waals surface area contributed by atoms with Gasteiger partial charge in [-0.2, -0.15) is 0 Å². The van der Waals surface area contributed by atoms with Gasteiger partial charge in [-0.1, -0.05) is 53.5 Å². The number of nitrogens with two attached hydrogens (primary N) is 1. The van der Waals surface area contributed by atoms with Crippen molar-refractivity contribution in [3.05, 3.63) is 75.9 Å². The monoisotopic (exact) mass is 496 g/mol. The van der Waals surface area contributed by atoms with Crippen LogP contribution in [0.1, 0.15) is 18.1 Å². The Bertz CT molecular complexity index is 1210. The van der Waals surface area contributed by atoms with E-state index >= 15 is 0 Å². The molecule has 0 aliphatic carbocycles. The topological polar surface area (TPSA) is 93.8 Å². The molecule has 8 nitrogen and oxygen atoms in total. The van der Waals surface area contributed by atoms with Crippen LogP contribution in [0.4, 0.5) is 11.5 Å². The van der Waals surface area contributed by atoms with Gasteiger partial charge in [-0.15, -0.1) is 10.6 Å². The molecule has 10 heteroatoms. The van der Waals surface area contributed by atoms with Crippen molar-refractivity contribution in [3.63, 3.8) is 0 Å². The predicted molar refractivity (Wildman–Crippen MR) is 139 cm³/mol. The maximum Gasteiger partial charge on any atom is 0.181 e. The number of benzene rings is 2. The van der Waals surface area contributed by atoms with Crippen molar-refractivity contribution in [2.45, 2.75) is 19.5 Å². The van der Waals surface area contributed by atoms with Crippen LogP contribution in [0.25, 0.3) is 11.1 Å². The number of aromatic nitrogens is 1. The number of halogens is 2. The lowest BCUT2D eigenvalue weighted by atomic mass is 10.0. The second-order valence-corrected chi connectivity index (χ2v) is 9.30. The Labute approximate surface area is 208 Å². The van der Waals surface area contributed by atoms with E-state index in [0.29, 0.717) is 39.0 Å². The minimum absolute atomic E-state index is 0.362. The Morgan fingerprint density at radius 2 is 1.94 bits per heavy atom. The molecule has 1 unspecified atom stereocenters. The number of hydrazone groups is 1. The summed E-state index contributed by atoms with van der Waals surface area (Å²) in [5.41, 5.74) is 16.6. The van der Waals surface area contributed by atoms with Gasteiger partial charge in [0.25, 0.3) is 0 Å². The highest BCUT2D eigenvalue weighted by Gasteiger charge is 2.26. The van der Waals surface area contributed by atoms with Crippen LogP contribution in [0.2, 0.25) is 10.0 Å². The van der Waals surface area contributed by atoms with Crippen LogP contribution in [0, 0.1) is 0 Å². The van der Waals surface area contributed by atoms with E-state index in [0.717, 1.165) is 37.3 Å². The highest BCUT2D eigenvalue weighted by atomic mass is 35.5. The summed E-state index contributed by atoms with van der Waals surface area (Å²) in [7, 11) is 0. The number of hydrogen-bond donors (Lipinski definition) is 4. The van der Waals surface area contributed by atoms with E-state index in [1.165, 1.54) is 5.56 Å². The van der Waals surface area contributed by atoms with Crippen molar-refractivity contribution in [3.8, 4) is 11.1 Å². The third kappa shape index (κ3) is 4.68. The van der Waals surface area contributed by atoms with Gasteiger partial charge in [0.1, 0.15) is 5.82 Å². The predicted octanol–water partition coefficient (Wildman–Crippen LogP) is 3.62. The molecule has 0 bridgehead atoms. The molecule has 5 N–H and O–H groups in total. The number of pyridine rings is 1. The lowest BCUT2D eigenvalue weighted by Crippen LogP contribution is -2.48. The van der Waals surface area contributed by atoms with Crippen LogP contribution in [-0.4, -0.2) is 41.4 Å². The third-order valence-corrected chi connectivity index (χ3v) is 6.82. The van der Waals surface area contributed by atoms with Gasteiger partial charge in [-0.25, -0.2) is 15.5 Å². The van der Waals surface area contributed by atoms with E-state index in [9.17, 15) is 0 Å². The molecule has 1 saturated heterocycles. The highest BCUT2D eigenvalue weighted by molar-refractivity contribution is 6.44. The van der Waals surface area contributed by atoms with Gasteiger partial charge in [-0.3, -0.25) is 4.90 Å². The lowest BCUT2D eigenvalue weighted by molar-refractivity contribution is 0.199. The molecule has 3 heterocycles. The van der Waals surface area contributed by atoms with Crippen LogP contribution in [0.5, 0.6) is 0 Å². The van der Waals surface area contributed by atoms with E-state index in [1.807, 2.05) is 18.2 Å². The van der Waals surface area contributed by atoms with Crippen molar-refractivity contribution in [2.24, 2.45) is 5.10 Å². The van der Waals surface area contributed by atoms with Crippen molar-refractivity contribution < 1.29 is 0 Å². The Hall–Kier alpha value is -2.88. The minimum Gasteiger partial charge on any atom is -0.383 e. The van der Waals surface area contributed by atoms with Crippen LogP contribution in [0.15, 0.2) is 59.8 Å². The Morgan fingerprint density at radius 3 is 2.74 bits per heavy atom. The fraction of sp³-hybridized carbons (Fsp3) is 0.250. The van der Waals surface area contributed by atoms with E-state index in [1.54, 1.807) is 17.3 Å². The van der Waals surface area contributed by atoms with E-state index in [-0.39, 0.29) is 0 Å². The van der Waals surface area contributed by atoms with Crippen LogP contribution < -0.4 is 27.1 Å². The molecule has 0 radical (unpaired) electrons. The Balaban J connectivity index is 1.39. The molecular weight excluding hydrogens is 471 g/mol. The molecule has 1 atom stereocenters. The van der Waals surface area contributed by atoms with Gasteiger partial charge in [0.15, 0.2) is 5.84 Å². The summed E-state index contributed by atoms with van der Waals surface area (Å²) in [5, 5.41) is 10.4. The number of hydrogen-bond acceptors (Lipinski definition) is 8. The number of rotatable bonds is 5. The summed E-state index contributed by atoms with van der Waals surface area (Å²) in [4.78, 5) is 6.91. The molecule has 3 aromatic rings. The second kappa shape index (κ2) is 9.77. The average Bonchev–Trinajstić information content (AvgIpc) is 3.31. The number of hydrazine groups is 2. The fourth-order valence-electron chi connectivity index (χ4n) is 4.28. The summed E-state index contributed by atoms with van der Waals surface area (Å²) in [6.45, 7) is 6.33. The van der Waals surface area contributed by atoms with Crippen molar-refractivity contribution >= 4 is 40.5 Å². The molecule has 0 saturated carbocycles. The van der Waals surface area contributed by atoms with Crippen LogP contribution in [0.3, 0.4) is 0 Å². The average molecular weight is 497 g/mol. The van der Waals surface area contributed by atoms with E-state index in [4.69, 9.17) is 28.9 Å². The molecule has 2 aliphatic heterocycles. The summed E-state index contributed by atoms with van der Waals surface area (Å²) in [5.74, 6) is 0.904. The standard InChI is InChI=1S/C24H26Cl2N8/c1-15-13-33(10-9-28-15)14-16-5-7-17(8-6-16)18-11-19(23(27)29-12-18)24-30-31-32-34(24)21-4-2-3-20(25)22(21)26/h2-8,11-12,15,28,31-32H,9-10,13-14H2,1H3,(H2,27,29). The molecule has 0 amide bonds. The molecule has 0 spiro atoms. The molecule has 176 valence electrons. The normalized spacial score (nSPS) is 18.6. The zero-order valence-electron chi connectivity index (χ0n) is 18.7. The number of nitrogens with zero attached hydrogens (tertiary/aromatic N) is 4. The number of piperazine rings is 1. The lowest BCUT2D eigenvalue weighted by Gasteiger charge is -2.31. The fourth-order valence-corrected chi connectivity index (χ4v) is 4.66. The zero-order chi connectivity index (χ0) is 23.7. The summed E-state index contributed by atoms with van der Waals surface area (Å²) < 4.78 is 0. The quantitative estimate of drug-likeness (QED) is 0.428. The first-order valence-electron chi connectivity index (χ1n) is 11.1. The number of amidine groups is 1. The van der Waals surface area contributed by atoms with Crippen molar-refractivity contribution in [1.82, 2.24) is 26.3 Å². The highest BCUT2D eigenvalue weighted by Crippen LogP contribution is 2.34. The maximum atomic E-state index is 6.44. The van der Waals surface area contributed by atoms with Crippen molar-refractivity contribution in [1.29, 1.82) is 0 Å². The van der Waals surface area contributed by atoms with Crippen molar-refractivity contribution in [2.75, 3.05) is 30.4 Å². The van der Waals surface area contributed by atoms with Gasteiger partial charge in [0.2, 0.25) is 0 Å². The minimum atomic E-state index is 0.362. The van der Waals surface area contributed by atoms with Crippen LogP contribution in [-0.2, 0) is 6.54 Å². The SMILES string of the molecule is CC1CN(Cc2ccc(-c3cnc(N)c(C4=NNNN4c4cccc(Cl)c4Cl)c3)cc2)CCN1. The molecule has 5 rings (SSSR count). The number of anilines is 2. The summed E-state index contributed by atoms with van der Waals surface area (Å²) >= 11 is 12.6.